The fourth-order valence-electron chi connectivity index (χ4n) is 6.37. The van der Waals surface area contributed by atoms with Crippen LogP contribution < -0.4 is 0 Å². The van der Waals surface area contributed by atoms with E-state index in [-0.39, 0.29) is 30.5 Å². The molecule has 2 saturated carbocycles. The van der Waals surface area contributed by atoms with Crippen LogP contribution in [0, 0.1) is 28.6 Å². The second kappa shape index (κ2) is 9.35. The molecule has 1 heterocycles. The van der Waals surface area contributed by atoms with Crippen molar-refractivity contribution in [3.05, 3.63) is 24.3 Å². The quantitative estimate of drug-likeness (QED) is 0.306. The number of ether oxygens (including phenoxy) is 2. The molecule has 0 radical (unpaired) electrons. The highest BCUT2D eigenvalue weighted by molar-refractivity contribution is 5.91. The van der Waals surface area contributed by atoms with Gasteiger partial charge in [-0.15, -0.1) is 0 Å². The summed E-state index contributed by atoms with van der Waals surface area (Å²) in [6.45, 7) is 8.34. The number of esters is 2. The van der Waals surface area contributed by atoms with Gasteiger partial charge in [0.25, 0.3) is 0 Å². The third kappa shape index (κ3) is 4.48. The summed E-state index contributed by atoms with van der Waals surface area (Å²) >= 11 is 0. The highest BCUT2D eigenvalue weighted by atomic mass is 16.6. The van der Waals surface area contributed by atoms with E-state index in [4.69, 9.17) is 14.6 Å². The highest BCUT2D eigenvalue weighted by Crippen LogP contribution is 2.62. The van der Waals surface area contributed by atoms with Crippen molar-refractivity contribution < 1.29 is 39.2 Å². The maximum absolute atomic E-state index is 12.3. The van der Waals surface area contributed by atoms with Crippen molar-refractivity contribution in [2.45, 2.75) is 64.6 Å². The first-order chi connectivity index (χ1) is 15.0. The van der Waals surface area contributed by atoms with Gasteiger partial charge in [-0.2, -0.15) is 0 Å². The van der Waals surface area contributed by atoms with Crippen molar-refractivity contribution in [2.75, 3.05) is 13.2 Å². The van der Waals surface area contributed by atoms with Gasteiger partial charge >= 0.3 is 17.9 Å². The van der Waals surface area contributed by atoms with Gasteiger partial charge < -0.3 is 24.8 Å². The number of allylic oxidation sites excluding steroid dienone is 1. The van der Waals surface area contributed by atoms with Crippen molar-refractivity contribution in [1.82, 2.24) is 0 Å². The number of carbonyl (C=O) groups is 3. The Hall–Kier alpha value is -2.19. The van der Waals surface area contributed by atoms with E-state index in [2.05, 4.69) is 13.5 Å². The van der Waals surface area contributed by atoms with Gasteiger partial charge in [-0.1, -0.05) is 26.0 Å². The van der Waals surface area contributed by atoms with E-state index in [0.717, 1.165) is 30.9 Å². The Balaban J connectivity index is 1.72. The number of aliphatic hydroxyl groups excluding tert-OH is 2. The molecular formula is C24H34O8. The molecule has 0 amide bonds. The molecule has 178 valence electrons. The predicted molar refractivity (Wildman–Crippen MR) is 114 cm³/mol. The van der Waals surface area contributed by atoms with E-state index in [1.165, 1.54) is 0 Å². The molecule has 0 bridgehead atoms. The molecule has 7 atom stereocenters. The van der Waals surface area contributed by atoms with Crippen LogP contribution in [0.4, 0.5) is 0 Å². The topological polar surface area (TPSA) is 130 Å². The summed E-state index contributed by atoms with van der Waals surface area (Å²) < 4.78 is 10.4. The molecule has 8 heteroatoms. The number of fused-ring (bicyclic) bond motifs is 1. The monoisotopic (exact) mass is 450 g/mol. The van der Waals surface area contributed by atoms with Gasteiger partial charge in [0.05, 0.1) is 18.6 Å². The molecule has 2 aliphatic carbocycles. The van der Waals surface area contributed by atoms with Crippen LogP contribution in [-0.2, 0) is 23.9 Å². The summed E-state index contributed by atoms with van der Waals surface area (Å²) in [4.78, 5) is 34.8. The first-order valence-electron chi connectivity index (χ1n) is 11.3. The fourth-order valence-corrected chi connectivity index (χ4v) is 6.37. The van der Waals surface area contributed by atoms with Crippen molar-refractivity contribution in [2.24, 2.45) is 28.6 Å². The van der Waals surface area contributed by atoms with Crippen molar-refractivity contribution in [3.8, 4) is 0 Å². The van der Waals surface area contributed by atoms with Crippen LogP contribution in [0.2, 0.25) is 0 Å². The Bertz CT molecular complexity index is 804. The van der Waals surface area contributed by atoms with Crippen molar-refractivity contribution in [3.63, 3.8) is 0 Å². The van der Waals surface area contributed by atoms with Gasteiger partial charge in [0.1, 0.15) is 12.7 Å². The molecular weight excluding hydrogens is 416 g/mol. The SMILES string of the molecule is C=C1CC[C@@H]2[C@](C)(CO)[C@H](O)CC[C@@]2(C)[C@@H]1CCC1C(=O)OC[C@H]1OC(=O)/C=C\C(=O)O. The average Bonchev–Trinajstić information content (AvgIpc) is 3.08. The molecule has 1 unspecified atom stereocenters. The van der Waals surface area contributed by atoms with Crippen LogP contribution >= 0.6 is 0 Å². The average molecular weight is 451 g/mol. The number of aliphatic hydroxyl groups is 2. The molecule has 0 spiro atoms. The van der Waals surface area contributed by atoms with Crippen molar-refractivity contribution >= 4 is 17.9 Å². The molecule has 0 aromatic heterocycles. The molecule has 3 fully saturated rings. The van der Waals surface area contributed by atoms with E-state index in [1.54, 1.807) is 0 Å². The van der Waals surface area contributed by atoms with Crippen molar-refractivity contribution in [1.29, 1.82) is 0 Å². The zero-order valence-electron chi connectivity index (χ0n) is 18.8. The maximum Gasteiger partial charge on any atom is 0.331 e. The Morgan fingerprint density at radius 2 is 1.97 bits per heavy atom. The first-order valence-corrected chi connectivity index (χ1v) is 11.3. The molecule has 3 aliphatic rings. The smallest absolute Gasteiger partial charge is 0.331 e. The molecule has 0 aromatic rings. The summed E-state index contributed by atoms with van der Waals surface area (Å²) in [5.41, 5.74) is 0.377. The number of aliphatic carboxylic acids is 1. The minimum atomic E-state index is -1.26. The number of hydrogen-bond donors (Lipinski definition) is 3. The standard InChI is InChI=1S/C24H34O8/c1-14-4-7-18-23(2,11-10-19(26)24(18,3)13-25)16(14)6-5-15-17(12-31-22(15)30)32-21(29)9-8-20(27)28/h8-9,15-19,25-26H,1,4-7,10-13H2,2-3H3,(H,27,28)/b9-8-/t15?,16-,17-,18+,19-,23+,24+/m1/s1. The second-order valence-corrected chi connectivity index (χ2v) is 9.99. The van der Waals surface area contributed by atoms with Gasteiger partial charge in [-0.25, -0.2) is 9.59 Å². The minimum Gasteiger partial charge on any atom is -0.478 e. The molecule has 3 N–H and O–H groups in total. The van der Waals surface area contributed by atoms with Crippen LogP contribution in [0.1, 0.15) is 52.4 Å². The van der Waals surface area contributed by atoms with Gasteiger partial charge in [0, 0.05) is 17.6 Å². The third-order valence-corrected chi connectivity index (χ3v) is 8.23. The molecule has 3 rings (SSSR count). The third-order valence-electron chi connectivity index (χ3n) is 8.23. The Morgan fingerprint density at radius 1 is 1.25 bits per heavy atom. The van der Waals surface area contributed by atoms with Gasteiger partial charge in [0.15, 0.2) is 0 Å². The number of cyclic esters (lactones) is 1. The molecule has 0 aromatic carbocycles. The first kappa shape index (κ1) is 24.5. The number of carbonyl (C=O) groups excluding carboxylic acids is 2. The normalized spacial score (nSPS) is 39.6. The lowest BCUT2D eigenvalue weighted by Crippen LogP contribution is -2.57. The van der Waals surface area contributed by atoms with Gasteiger partial charge in [-0.05, 0) is 55.8 Å². The highest BCUT2D eigenvalue weighted by Gasteiger charge is 2.57. The lowest BCUT2D eigenvalue weighted by molar-refractivity contribution is -0.154. The Labute approximate surface area is 188 Å². The van der Waals surface area contributed by atoms with Crippen LogP contribution in [0.25, 0.3) is 0 Å². The second-order valence-electron chi connectivity index (χ2n) is 9.99. The van der Waals surface area contributed by atoms with E-state index in [1.807, 2.05) is 6.92 Å². The van der Waals surface area contributed by atoms with E-state index >= 15 is 0 Å². The lowest BCUT2D eigenvalue weighted by atomic mass is 9.46. The van der Waals surface area contributed by atoms with E-state index in [0.29, 0.717) is 25.3 Å². The van der Waals surface area contributed by atoms with Crippen LogP contribution in [-0.4, -0.2) is 58.6 Å². The summed E-state index contributed by atoms with van der Waals surface area (Å²) in [6, 6.07) is 0. The Kier molecular flexibility index (Phi) is 7.15. The van der Waals surface area contributed by atoms with Crippen LogP contribution in [0.15, 0.2) is 24.3 Å². The largest absolute Gasteiger partial charge is 0.478 e. The predicted octanol–water partition coefficient (Wildman–Crippen LogP) is 2.23. The maximum atomic E-state index is 12.3. The van der Waals surface area contributed by atoms with Gasteiger partial charge in [0.2, 0.25) is 0 Å². The summed E-state index contributed by atoms with van der Waals surface area (Å²) in [5.74, 6) is -2.89. The minimum absolute atomic E-state index is 0.0452. The Morgan fingerprint density at radius 3 is 2.62 bits per heavy atom. The van der Waals surface area contributed by atoms with Crippen LogP contribution in [0.3, 0.4) is 0 Å². The lowest BCUT2D eigenvalue weighted by Gasteiger charge is -2.60. The number of carboxylic acid groups (broad SMARTS) is 1. The molecule has 1 saturated heterocycles. The summed E-state index contributed by atoms with van der Waals surface area (Å²) in [6.07, 6.45) is 4.39. The zero-order chi connectivity index (χ0) is 23.7. The number of hydrogen-bond acceptors (Lipinski definition) is 7. The van der Waals surface area contributed by atoms with Gasteiger partial charge in [-0.3, -0.25) is 4.79 Å². The number of carboxylic acids is 1. The number of rotatable bonds is 7. The van der Waals surface area contributed by atoms with Crippen LogP contribution in [0.5, 0.6) is 0 Å². The molecule has 32 heavy (non-hydrogen) atoms. The summed E-state index contributed by atoms with van der Waals surface area (Å²) in [5, 5.41) is 29.4. The zero-order valence-corrected chi connectivity index (χ0v) is 18.8. The molecule has 1 aliphatic heterocycles. The molecule has 8 nitrogen and oxygen atoms in total. The summed E-state index contributed by atoms with van der Waals surface area (Å²) in [7, 11) is 0. The van der Waals surface area contributed by atoms with E-state index < -0.39 is 41.4 Å². The fraction of sp³-hybridized carbons (Fsp3) is 0.708. The van der Waals surface area contributed by atoms with E-state index in [9.17, 15) is 24.6 Å².